The Bertz CT molecular complexity index is 766. The minimum atomic E-state index is -0.987. The smallest absolute Gasteiger partial charge is 0.186 e. The van der Waals surface area contributed by atoms with Gasteiger partial charge in [-0.1, -0.05) is 42.5 Å². The van der Waals surface area contributed by atoms with E-state index in [1.165, 1.54) is 7.11 Å². The first-order chi connectivity index (χ1) is 14.2. The lowest BCUT2D eigenvalue weighted by Crippen LogP contribution is -2.62. The van der Waals surface area contributed by atoms with E-state index in [1.54, 1.807) is 7.11 Å². The normalized spacial score (nSPS) is 31.8. The number of ether oxygens (including phenoxy) is 6. The highest BCUT2D eigenvalue weighted by molar-refractivity contribution is 5.28. The van der Waals surface area contributed by atoms with Crippen molar-refractivity contribution in [3.63, 3.8) is 0 Å². The van der Waals surface area contributed by atoms with Crippen molar-refractivity contribution in [1.29, 1.82) is 0 Å². The molecule has 2 aromatic rings. The van der Waals surface area contributed by atoms with Gasteiger partial charge in [0.05, 0.1) is 20.3 Å². The molecule has 2 fully saturated rings. The van der Waals surface area contributed by atoms with E-state index in [2.05, 4.69) is 0 Å². The molecular weight excluding hydrogens is 376 g/mol. The summed E-state index contributed by atoms with van der Waals surface area (Å²) < 4.78 is 34.5. The third kappa shape index (κ3) is 4.45. The summed E-state index contributed by atoms with van der Waals surface area (Å²) in [4.78, 5) is 0. The van der Waals surface area contributed by atoms with Crippen molar-refractivity contribution < 1.29 is 33.5 Å². The molecular formula is C22H26O7. The number of aliphatic hydroxyl groups excluding tert-OH is 1. The molecule has 2 heterocycles. The van der Waals surface area contributed by atoms with Crippen molar-refractivity contribution in [3.05, 3.63) is 65.7 Å². The Morgan fingerprint density at radius 1 is 1.00 bits per heavy atom. The summed E-state index contributed by atoms with van der Waals surface area (Å²) in [5, 5.41) is 10.8. The summed E-state index contributed by atoms with van der Waals surface area (Å²) in [5.74, 6) is 0.755. The third-order valence-electron chi connectivity index (χ3n) is 5.21. The van der Waals surface area contributed by atoms with Gasteiger partial charge in [-0.15, -0.1) is 0 Å². The molecule has 2 saturated heterocycles. The monoisotopic (exact) mass is 402 g/mol. The van der Waals surface area contributed by atoms with E-state index in [4.69, 9.17) is 28.4 Å². The Morgan fingerprint density at radius 2 is 1.76 bits per heavy atom. The topological polar surface area (TPSA) is 75.6 Å². The van der Waals surface area contributed by atoms with Gasteiger partial charge in [0.25, 0.3) is 0 Å². The van der Waals surface area contributed by atoms with Crippen LogP contribution in [0.1, 0.15) is 17.4 Å². The van der Waals surface area contributed by atoms with Crippen molar-refractivity contribution in [1.82, 2.24) is 0 Å². The van der Waals surface area contributed by atoms with Crippen molar-refractivity contribution in [3.8, 4) is 5.75 Å². The second-order valence-electron chi connectivity index (χ2n) is 7.07. The van der Waals surface area contributed by atoms with E-state index in [-0.39, 0.29) is 0 Å². The SMILES string of the molecule is COc1ccc(C2OC[C@H]3O[C@@H](OC)[C@@H](O)[C@@H](OCc4ccccc4)[C@@H]3O2)cc1. The molecule has 4 rings (SSSR count). The van der Waals surface area contributed by atoms with Crippen molar-refractivity contribution >= 4 is 0 Å². The predicted octanol–water partition coefficient (Wildman–Crippen LogP) is 2.43. The summed E-state index contributed by atoms with van der Waals surface area (Å²) in [6.07, 6.45) is -3.90. The van der Waals surface area contributed by atoms with Gasteiger partial charge in [0.2, 0.25) is 0 Å². The Labute approximate surface area is 170 Å². The molecule has 1 N–H and O–H groups in total. The first kappa shape index (κ1) is 20.3. The van der Waals surface area contributed by atoms with Crippen LogP contribution in [0.2, 0.25) is 0 Å². The molecule has 6 atom stereocenters. The molecule has 0 amide bonds. The first-order valence-electron chi connectivity index (χ1n) is 9.62. The lowest BCUT2D eigenvalue weighted by Gasteiger charge is -2.47. The van der Waals surface area contributed by atoms with E-state index >= 15 is 0 Å². The van der Waals surface area contributed by atoms with Gasteiger partial charge in [-0.25, -0.2) is 0 Å². The van der Waals surface area contributed by atoms with Gasteiger partial charge in [-0.3, -0.25) is 0 Å². The van der Waals surface area contributed by atoms with Crippen LogP contribution in [0.25, 0.3) is 0 Å². The number of methoxy groups -OCH3 is 2. The van der Waals surface area contributed by atoms with E-state index < -0.39 is 37.0 Å². The molecule has 0 saturated carbocycles. The molecule has 0 spiro atoms. The standard InChI is InChI=1S/C22H26O7/c1-24-16-10-8-15(9-11-16)21-27-13-17-19(29-21)20(18(23)22(25-2)28-17)26-12-14-6-4-3-5-7-14/h3-11,17-23H,12-13H2,1-2H3/t17-,18+,19-,20-,21?,22-/m1/s1. The Hall–Kier alpha value is -2.00. The minimum absolute atomic E-state index is 0.305. The number of hydrogen-bond acceptors (Lipinski definition) is 7. The van der Waals surface area contributed by atoms with Crippen LogP contribution in [-0.4, -0.2) is 56.6 Å². The fourth-order valence-electron chi connectivity index (χ4n) is 3.65. The highest BCUT2D eigenvalue weighted by atomic mass is 16.8. The second-order valence-corrected chi connectivity index (χ2v) is 7.07. The zero-order valence-electron chi connectivity index (χ0n) is 16.5. The van der Waals surface area contributed by atoms with Crippen LogP contribution in [0.4, 0.5) is 0 Å². The fourth-order valence-corrected chi connectivity index (χ4v) is 3.65. The maximum Gasteiger partial charge on any atom is 0.186 e. The Balaban J connectivity index is 1.50. The van der Waals surface area contributed by atoms with Gasteiger partial charge < -0.3 is 33.5 Å². The number of fused-ring (bicyclic) bond motifs is 1. The molecule has 0 aromatic heterocycles. The zero-order valence-corrected chi connectivity index (χ0v) is 16.5. The van der Waals surface area contributed by atoms with Gasteiger partial charge in [0.1, 0.15) is 30.2 Å². The lowest BCUT2D eigenvalue weighted by molar-refractivity contribution is -0.363. The summed E-state index contributed by atoms with van der Waals surface area (Å²) in [5.41, 5.74) is 1.87. The summed E-state index contributed by atoms with van der Waals surface area (Å²) in [6.45, 7) is 0.652. The highest BCUT2D eigenvalue weighted by Crippen LogP contribution is 2.36. The van der Waals surface area contributed by atoms with Gasteiger partial charge in [0, 0.05) is 12.7 Å². The minimum Gasteiger partial charge on any atom is -0.497 e. The summed E-state index contributed by atoms with van der Waals surface area (Å²) in [6, 6.07) is 17.3. The molecule has 0 bridgehead atoms. The molecule has 7 heteroatoms. The fraction of sp³-hybridized carbons (Fsp3) is 0.455. The molecule has 156 valence electrons. The number of hydrogen-bond donors (Lipinski definition) is 1. The van der Waals surface area contributed by atoms with Crippen LogP contribution < -0.4 is 4.74 Å². The molecule has 0 radical (unpaired) electrons. The maximum absolute atomic E-state index is 10.8. The molecule has 7 nitrogen and oxygen atoms in total. The third-order valence-corrected chi connectivity index (χ3v) is 5.21. The molecule has 1 unspecified atom stereocenters. The zero-order chi connectivity index (χ0) is 20.2. The van der Waals surface area contributed by atoms with E-state index in [1.807, 2.05) is 54.6 Å². The summed E-state index contributed by atoms with van der Waals surface area (Å²) in [7, 11) is 3.11. The molecule has 29 heavy (non-hydrogen) atoms. The lowest BCUT2D eigenvalue weighted by atomic mass is 9.97. The quantitative estimate of drug-likeness (QED) is 0.795. The number of rotatable bonds is 6. The average Bonchev–Trinajstić information content (AvgIpc) is 2.78. The second kappa shape index (κ2) is 9.21. The van der Waals surface area contributed by atoms with Crippen LogP contribution in [0.3, 0.4) is 0 Å². The molecule has 0 aliphatic carbocycles. The van der Waals surface area contributed by atoms with Crippen LogP contribution >= 0.6 is 0 Å². The number of benzene rings is 2. The van der Waals surface area contributed by atoms with E-state index in [9.17, 15) is 5.11 Å². The molecule has 2 aromatic carbocycles. The first-order valence-corrected chi connectivity index (χ1v) is 9.62. The predicted molar refractivity (Wildman–Crippen MR) is 103 cm³/mol. The van der Waals surface area contributed by atoms with Gasteiger partial charge in [-0.2, -0.15) is 0 Å². The van der Waals surface area contributed by atoms with Gasteiger partial charge in [0.15, 0.2) is 12.6 Å². The average molecular weight is 402 g/mol. The Kier molecular flexibility index (Phi) is 6.44. The maximum atomic E-state index is 10.8. The highest BCUT2D eigenvalue weighted by Gasteiger charge is 2.50. The van der Waals surface area contributed by atoms with Crippen molar-refractivity contribution in [2.24, 2.45) is 0 Å². The Morgan fingerprint density at radius 3 is 2.45 bits per heavy atom. The van der Waals surface area contributed by atoms with Crippen LogP contribution in [0.15, 0.2) is 54.6 Å². The van der Waals surface area contributed by atoms with Gasteiger partial charge in [-0.05, 0) is 17.7 Å². The van der Waals surface area contributed by atoms with Crippen molar-refractivity contribution in [2.45, 2.75) is 43.6 Å². The van der Waals surface area contributed by atoms with Crippen LogP contribution in [-0.2, 0) is 30.3 Å². The largest absolute Gasteiger partial charge is 0.497 e. The molecule has 2 aliphatic heterocycles. The summed E-state index contributed by atoms with van der Waals surface area (Å²) >= 11 is 0. The van der Waals surface area contributed by atoms with E-state index in [0.717, 1.165) is 16.9 Å². The van der Waals surface area contributed by atoms with Crippen molar-refractivity contribution in [2.75, 3.05) is 20.8 Å². The molecule has 2 aliphatic rings. The van der Waals surface area contributed by atoms with Crippen LogP contribution in [0.5, 0.6) is 5.75 Å². The van der Waals surface area contributed by atoms with Crippen LogP contribution in [0, 0.1) is 0 Å². The number of aliphatic hydroxyl groups is 1. The van der Waals surface area contributed by atoms with Gasteiger partial charge >= 0.3 is 0 Å². The van der Waals surface area contributed by atoms with E-state index in [0.29, 0.717) is 13.2 Å².